The lowest BCUT2D eigenvalue weighted by molar-refractivity contribution is 0.196. The topological polar surface area (TPSA) is 3.24 Å². The molecule has 0 saturated heterocycles. The molecule has 0 aliphatic rings. The van der Waals surface area contributed by atoms with E-state index in [2.05, 4.69) is 39.5 Å². The highest BCUT2D eigenvalue weighted by Gasteiger charge is 2.14. The third kappa shape index (κ3) is 16.0. The minimum atomic E-state index is 0.443. The molecule has 0 aromatic rings. The lowest BCUT2D eigenvalue weighted by Crippen LogP contribution is -2.33. The molecule has 0 bridgehead atoms. The molecule has 0 N–H and O–H groups in total. The second-order valence-corrected chi connectivity index (χ2v) is 6.20. The maximum absolute atomic E-state index is 2.60. The molecule has 0 amide bonds. The number of nitrogens with zero attached hydrogens (tertiary/aromatic N) is 1. The summed E-state index contributed by atoms with van der Waals surface area (Å²) in [5.41, 5.74) is 0.443. The number of unbranched alkanes of at least 4 members (excludes halogenated alkanes) is 5. The van der Waals surface area contributed by atoms with Crippen LogP contribution in [0.1, 0.15) is 87.0 Å². The van der Waals surface area contributed by atoms with E-state index in [1.165, 1.54) is 58.2 Å². The van der Waals surface area contributed by atoms with Gasteiger partial charge in [-0.1, -0.05) is 80.6 Å². The first-order valence-corrected chi connectivity index (χ1v) is 8.22. The van der Waals surface area contributed by atoms with Crippen molar-refractivity contribution in [1.29, 1.82) is 0 Å². The molecule has 18 heavy (non-hydrogen) atoms. The summed E-state index contributed by atoms with van der Waals surface area (Å²) >= 11 is 0. The van der Waals surface area contributed by atoms with Crippen LogP contribution in [0.5, 0.6) is 0 Å². The van der Waals surface area contributed by atoms with E-state index in [0.29, 0.717) is 5.41 Å². The molecule has 0 radical (unpaired) electrons. The summed E-state index contributed by atoms with van der Waals surface area (Å²) in [6, 6.07) is 0. The van der Waals surface area contributed by atoms with E-state index >= 15 is 0 Å². The van der Waals surface area contributed by atoms with E-state index in [-0.39, 0.29) is 0 Å². The monoisotopic (exact) mass is 257 g/mol. The quantitative estimate of drug-likeness (QED) is 0.476. The Hall–Kier alpha value is -0.0400. The van der Waals surface area contributed by atoms with Gasteiger partial charge in [-0.2, -0.15) is 0 Å². The van der Waals surface area contributed by atoms with Crippen molar-refractivity contribution in [2.24, 2.45) is 5.41 Å². The average molecular weight is 258 g/mol. The Morgan fingerprint density at radius 2 is 1.28 bits per heavy atom. The zero-order valence-corrected chi connectivity index (χ0v) is 14.3. The standard InChI is InChI=1S/C15H33N.C2H6/c1-6-8-9-10-11-12-13-16(7-2)14-15(3,4)5;1-2/h6-14H2,1-5H3;1-2H3. The van der Waals surface area contributed by atoms with Crippen LogP contribution >= 0.6 is 0 Å². The summed E-state index contributed by atoms with van der Waals surface area (Å²) in [6.45, 7) is 19.3. The van der Waals surface area contributed by atoms with Gasteiger partial charge in [-0.05, 0) is 24.9 Å². The fourth-order valence-corrected chi connectivity index (χ4v) is 2.14. The van der Waals surface area contributed by atoms with Crippen molar-refractivity contribution in [1.82, 2.24) is 4.90 Å². The van der Waals surface area contributed by atoms with Gasteiger partial charge in [-0.15, -0.1) is 0 Å². The molecular weight excluding hydrogens is 218 g/mol. The first-order chi connectivity index (χ1) is 8.49. The Kier molecular flexibility index (Phi) is 15.1. The Balaban J connectivity index is 0. The molecule has 112 valence electrons. The molecule has 0 fully saturated rings. The summed E-state index contributed by atoms with van der Waals surface area (Å²) < 4.78 is 0. The Labute approximate surface area is 117 Å². The fourth-order valence-electron chi connectivity index (χ4n) is 2.14. The van der Waals surface area contributed by atoms with Crippen molar-refractivity contribution in [3.63, 3.8) is 0 Å². The van der Waals surface area contributed by atoms with Crippen LogP contribution in [0.4, 0.5) is 0 Å². The predicted octanol–water partition coefficient (Wildman–Crippen LogP) is 5.74. The average Bonchev–Trinajstić information content (AvgIpc) is 2.33. The summed E-state index contributed by atoms with van der Waals surface area (Å²) in [4.78, 5) is 2.60. The molecule has 1 heteroatoms. The zero-order valence-electron chi connectivity index (χ0n) is 14.3. The third-order valence-corrected chi connectivity index (χ3v) is 2.97. The maximum Gasteiger partial charge on any atom is 0.00299 e. The summed E-state index contributed by atoms with van der Waals surface area (Å²) in [5, 5.41) is 0. The number of rotatable bonds is 9. The molecule has 0 spiro atoms. The number of hydrogen-bond acceptors (Lipinski definition) is 1. The lowest BCUT2D eigenvalue weighted by atomic mass is 9.96. The summed E-state index contributed by atoms with van der Waals surface area (Å²) in [5.74, 6) is 0. The molecule has 0 rings (SSSR count). The highest BCUT2D eigenvalue weighted by molar-refractivity contribution is 4.68. The SMILES string of the molecule is CC.CCCCCCCCN(CC)CC(C)(C)C. The van der Waals surface area contributed by atoms with Crippen LogP contribution in [0, 0.1) is 5.41 Å². The van der Waals surface area contributed by atoms with Crippen LogP contribution in [0.25, 0.3) is 0 Å². The highest BCUT2D eigenvalue weighted by atomic mass is 15.1. The van der Waals surface area contributed by atoms with Gasteiger partial charge in [0.2, 0.25) is 0 Å². The lowest BCUT2D eigenvalue weighted by Gasteiger charge is -2.28. The van der Waals surface area contributed by atoms with Crippen LogP contribution in [-0.2, 0) is 0 Å². The smallest absolute Gasteiger partial charge is 0.00299 e. The van der Waals surface area contributed by atoms with Crippen LogP contribution in [0.15, 0.2) is 0 Å². The Bertz CT molecular complexity index is 146. The van der Waals surface area contributed by atoms with Gasteiger partial charge in [0.25, 0.3) is 0 Å². The van der Waals surface area contributed by atoms with Gasteiger partial charge in [0.15, 0.2) is 0 Å². The van der Waals surface area contributed by atoms with Gasteiger partial charge in [0, 0.05) is 6.54 Å². The van der Waals surface area contributed by atoms with Gasteiger partial charge < -0.3 is 4.90 Å². The van der Waals surface area contributed by atoms with E-state index in [0.717, 1.165) is 0 Å². The minimum Gasteiger partial charge on any atom is -0.303 e. The van der Waals surface area contributed by atoms with Crippen LogP contribution in [-0.4, -0.2) is 24.5 Å². The van der Waals surface area contributed by atoms with Gasteiger partial charge >= 0.3 is 0 Å². The van der Waals surface area contributed by atoms with E-state index < -0.39 is 0 Å². The Morgan fingerprint density at radius 3 is 1.72 bits per heavy atom. The molecule has 0 aromatic carbocycles. The molecule has 0 aromatic heterocycles. The molecule has 0 saturated carbocycles. The predicted molar refractivity (Wildman–Crippen MR) is 86.3 cm³/mol. The van der Waals surface area contributed by atoms with Gasteiger partial charge in [0.1, 0.15) is 0 Å². The molecule has 0 unspecified atom stereocenters. The van der Waals surface area contributed by atoms with Crippen molar-refractivity contribution in [2.45, 2.75) is 87.0 Å². The first-order valence-electron chi connectivity index (χ1n) is 8.22. The fraction of sp³-hybridized carbons (Fsp3) is 1.00. The molecule has 1 nitrogen and oxygen atoms in total. The molecule has 0 heterocycles. The highest BCUT2D eigenvalue weighted by Crippen LogP contribution is 2.15. The van der Waals surface area contributed by atoms with E-state index in [1.54, 1.807) is 0 Å². The van der Waals surface area contributed by atoms with Crippen molar-refractivity contribution in [3.8, 4) is 0 Å². The first kappa shape index (κ1) is 20.3. The van der Waals surface area contributed by atoms with Crippen molar-refractivity contribution >= 4 is 0 Å². The largest absolute Gasteiger partial charge is 0.303 e. The van der Waals surface area contributed by atoms with E-state index in [4.69, 9.17) is 0 Å². The zero-order chi connectivity index (χ0) is 14.4. The summed E-state index contributed by atoms with van der Waals surface area (Å²) in [6.07, 6.45) is 8.43. The molecule has 0 atom stereocenters. The molecule has 0 aliphatic carbocycles. The molecular formula is C17H39N. The maximum atomic E-state index is 2.60. The van der Waals surface area contributed by atoms with Crippen molar-refractivity contribution in [3.05, 3.63) is 0 Å². The van der Waals surface area contributed by atoms with Crippen LogP contribution in [0.2, 0.25) is 0 Å². The summed E-state index contributed by atoms with van der Waals surface area (Å²) in [7, 11) is 0. The van der Waals surface area contributed by atoms with Crippen molar-refractivity contribution in [2.75, 3.05) is 19.6 Å². The van der Waals surface area contributed by atoms with Crippen LogP contribution in [0.3, 0.4) is 0 Å². The van der Waals surface area contributed by atoms with Crippen LogP contribution < -0.4 is 0 Å². The normalized spacial score (nSPS) is 11.3. The van der Waals surface area contributed by atoms with Gasteiger partial charge in [-0.3, -0.25) is 0 Å². The van der Waals surface area contributed by atoms with E-state index in [9.17, 15) is 0 Å². The van der Waals surface area contributed by atoms with Crippen molar-refractivity contribution < 1.29 is 0 Å². The van der Waals surface area contributed by atoms with Gasteiger partial charge in [0.05, 0.1) is 0 Å². The minimum absolute atomic E-state index is 0.443. The number of hydrogen-bond donors (Lipinski definition) is 0. The van der Waals surface area contributed by atoms with E-state index in [1.807, 2.05) is 13.8 Å². The second-order valence-electron chi connectivity index (χ2n) is 6.20. The second kappa shape index (κ2) is 13.4. The molecule has 0 aliphatic heterocycles. The third-order valence-electron chi connectivity index (χ3n) is 2.97. The Morgan fingerprint density at radius 1 is 0.778 bits per heavy atom. The van der Waals surface area contributed by atoms with Gasteiger partial charge in [-0.25, -0.2) is 0 Å².